The summed E-state index contributed by atoms with van der Waals surface area (Å²) >= 11 is 0. The number of carbonyl (C=O) groups is 2. The zero-order chi connectivity index (χ0) is 19.1. The minimum absolute atomic E-state index is 0.0157. The van der Waals surface area contributed by atoms with Gasteiger partial charge in [0.1, 0.15) is 5.92 Å². The molecular formula is C21H25N3O3. The number of hydrogen-bond donors (Lipinski definition) is 3. The largest absolute Gasteiger partial charge is 0.481 e. The van der Waals surface area contributed by atoms with Crippen molar-refractivity contribution < 1.29 is 14.7 Å². The van der Waals surface area contributed by atoms with Crippen molar-refractivity contribution in [2.45, 2.75) is 39.5 Å². The van der Waals surface area contributed by atoms with Crippen LogP contribution in [-0.4, -0.2) is 27.2 Å². The molecule has 2 aromatic rings. The van der Waals surface area contributed by atoms with Gasteiger partial charge in [0.15, 0.2) is 0 Å². The quantitative estimate of drug-likeness (QED) is 0.649. The van der Waals surface area contributed by atoms with Crippen LogP contribution in [0.2, 0.25) is 0 Å². The summed E-state index contributed by atoms with van der Waals surface area (Å²) in [6.07, 6.45) is 4.21. The lowest BCUT2D eigenvalue weighted by atomic mass is 9.83. The van der Waals surface area contributed by atoms with E-state index in [2.05, 4.69) is 15.5 Å². The zero-order valence-corrected chi connectivity index (χ0v) is 15.7. The summed E-state index contributed by atoms with van der Waals surface area (Å²) in [7, 11) is 0. The van der Waals surface area contributed by atoms with Crippen LogP contribution < -0.4 is 5.32 Å². The SMILES string of the molecule is Cc1n[nH]c(C)c1-c1ccc(NC(=O)C(C(=O)O)C(C2CC2)C2CC2)cc1. The van der Waals surface area contributed by atoms with Crippen molar-refractivity contribution in [3.05, 3.63) is 35.7 Å². The lowest BCUT2D eigenvalue weighted by molar-refractivity contribution is -0.148. The number of H-pyrrole nitrogens is 1. The summed E-state index contributed by atoms with van der Waals surface area (Å²) in [6.45, 7) is 3.92. The number of anilines is 1. The highest BCUT2D eigenvalue weighted by Crippen LogP contribution is 2.52. The van der Waals surface area contributed by atoms with E-state index in [1.165, 1.54) is 0 Å². The van der Waals surface area contributed by atoms with Gasteiger partial charge in [-0.05, 0) is 75.0 Å². The van der Waals surface area contributed by atoms with E-state index in [0.717, 1.165) is 48.2 Å². The van der Waals surface area contributed by atoms with Gasteiger partial charge in [0.25, 0.3) is 0 Å². The third-order valence-corrected chi connectivity index (χ3v) is 5.84. The van der Waals surface area contributed by atoms with Gasteiger partial charge in [-0.1, -0.05) is 12.1 Å². The number of rotatable bonds is 7. The number of aryl methyl sites for hydroxylation is 2. The fraction of sp³-hybridized carbons (Fsp3) is 0.476. The average Bonchev–Trinajstić information content (AvgIpc) is 3.53. The van der Waals surface area contributed by atoms with Gasteiger partial charge in [0.05, 0.1) is 5.69 Å². The van der Waals surface area contributed by atoms with Crippen LogP contribution in [0.5, 0.6) is 0 Å². The van der Waals surface area contributed by atoms with E-state index in [9.17, 15) is 14.7 Å². The maximum atomic E-state index is 12.8. The van der Waals surface area contributed by atoms with E-state index in [4.69, 9.17) is 0 Å². The molecule has 0 saturated heterocycles. The number of benzene rings is 1. The second kappa shape index (κ2) is 6.83. The minimum atomic E-state index is -1.00. The van der Waals surface area contributed by atoms with Crippen molar-refractivity contribution in [3.8, 4) is 11.1 Å². The van der Waals surface area contributed by atoms with Gasteiger partial charge >= 0.3 is 5.97 Å². The van der Waals surface area contributed by atoms with Gasteiger partial charge in [-0.3, -0.25) is 14.7 Å². The van der Waals surface area contributed by atoms with Gasteiger partial charge in [-0.25, -0.2) is 0 Å². The third-order valence-electron chi connectivity index (χ3n) is 5.84. The molecule has 1 atom stereocenters. The fourth-order valence-electron chi connectivity index (χ4n) is 4.26. The summed E-state index contributed by atoms with van der Waals surface area (Å²) in [5.74, 6) is -1.56. The molecule has 2 aliphatic carbocycles. The lowest BCUT2D eigenvalue weighted by Crippen LogP contribution is -2.37. The minimum Gasteiger partial charge on any atom is -0.481 e. The van der Waals surface area contributed by atoms with E-state index in [-0.39, 0.29) is 5.92 Å². The Morgan fingerprint density at radius 1 is 1.11 bits per heavy atom. The van der Waals surface area contributed by atoms with Crippen molar-refractivity contribution in [1.29, 1.82) is 0 Å². The van der Waals surface area contributed by atoms with E-state index in [1.54, 1.807) is 0 Å². The van der Waals surface area contributed by atoms with Crippen LogP contribution in [0.15, 0.2) is 24.3 Å². The summed E-state index contributed by atoms with van der Waals surface area (Å²) in [6, 6.07) is 7.49. The Labute approximate surface area is 158 Å². The van der Waals surface area contributed by atoms with E-state index in [0.29, 0.717) is 17.5 Å². The molecule has 27 heavy (non-hydrogen) atoms. The molecule has 0 bridgehead atoms. The molecule has 1 aromatic carbocycles. The summed E-state index contributed by atoms with van der Waals surface area (Å²) in [5, 5.41) is 19.7. The van der Waals surface area contributed by atoms with Gasteiger partial charge in [-0.2, -0.15) is 5.10 Å². The molecule has 2 saturated carbocycles. The van der Waals surface area contributed by atoms with Crippen molar-refractivity contribution in [1.82, 2.24) is 10.2 Å². The standard InChI is InChI=1S/C21H25N3O3/c1-11-17(12(2)24-23-11)13-7-9-16(10-8-13)22-20(25)19(21(26)27)18(14-3-4-14)15-5-6-15/h7-10,14-15,18-19H,3-6H2,1-2H3,(H,22,25)(H,23,24)(H,26,27). The van der Waals surface area contributed by atoms with Crippen molar-refractivity contribution in [2.24, 2.45) is 23.7 Å². The highest BCUT2D eigenvalue weighted by atomic mass is 16.4. The Kier molecular flexibility index (Phi) is 4.50. The molecule has 2 fully saturated rings. The number of aliphatic carboxylic acids is 1. The Morgan fingerprint density at radius 3 is 2.15 bits per heavy atom. The van der Waals surface area contributed by atoms with E-state index >= 15 is 0 Å². The molecule has 1 amide bonds. The van der Waals surface area contributed by atoms with Crippen molar-refractivity contribution in [2.75, 3.05) is 5.32 Å². The van der Waals surface area contributed by atoms with Gasteiger partial charge in [0.2, 0.25) is 5.91 Å². The molecule has 4 rings (SSSR count). The van der Waals surface area contributed by atoms with Crippen LogP contribution in [0.1, 0.15) is 37.1 Å². The van der Waals surface area contributed by atoms with E-state index in [1.807, 2.05) is 38.1 Å². The van der Waals surface area contributed by atoms with E-state index < -0.39 is 17.8 Å². The summed E-state index contributed by atoms with van der Waals surface area (Å²) in [5.41, 5.74) is 4.61. The van der Waals surface area contributed by atoms with Gasteiger partial charge in [-0.15, -0.1) is 0 Å². The number of nitrogens with one attached hydrogen (secondary N) is 2. The zero-order valence-electron chi connectivity index (χ0n) is 15.7. The Balaban J connectivity index is 1.50. The normalized spacial score (nSPS) is 17.7. The molecule has 2 aliphatic rings. The molecule has 1 aromatic heterocycles. The van der Waals surface area contributed by atoms with Crippen LogP contribution in [0.3, 0.4) is 0 Å². The molecule has 0 radical (unpaired) electrons. The number of aromatic amines is 1. The third kappa shape index (κ3) is 3.61. The molecule has 6 nitrogen and oxygen atoms in total. The predicted octanol–water partition coefficient (Wildman–Crippen LogP) is 3.77. The van der Waals surface area contributed by atoms with Crippen LogP contribution >= 0.6 is 0 Å². The molecule has 1 heterocycles. The second-order valence-electron chi connectivity index (χ2n) is 7.94. The average molecular weight is 367 g/mol. The van der Waals surface area contributed by atoms with Crippen LogP contribution in [0.4, 0.5) is 5.69 Å². The smallest absolute Gasteiger partial charge is 0.316 e. The van der Waals surface area contributed by atoms with Gasteiger partial charge in [0, 0.05) is 16.9 Å². The predicted molar refractivity (Wildman–Crippen MR) is 102 cm³/mol. The Morgan fingerprint density at radius 2 is 1.70 bits per heavy atom. The molecular weight excluding hydrogens is 342 g/mol. The summed E-state index contributed by atoms with van der Waals surface area (Å²) in [4.78, 5) is 24.6. The van der Waals surface area contributed by atoms with Crippen molar-refractivity contribution >= 4 is 17.6 Å². The number of hydrogen-bond acceptors (Lipinski definition) is 3. The fourth-order valence-corrected chi connectivity index (χ4v) is 4.26. The first kappa shape index (κ1) is 17.8. The maximum Gasteiger partial charge on any atom is 0.316 e. The number of carboxylic acids is 1. The molecule has 0 aliphatic heterocycles. The second-order valence-corrected chi connectivity index (χ2v) is 7.94. The number of carboxylic acid groups (broad SMARTS) is 1. The van der Waals surface area contributed by atoms with Crippen LogP contribution in [0.25, 0.3) is 11.1 Å². The number of aromatic nitrogens is 2. The molecule has 0 spiro atoms. The maximum absolute atomic E-state index is 12.8. The number of carbonyl (C=O) groups excluding carboxylic acids is 1. The first-order chi connectivity index (χ1) is 13.0. The van der Waals surface area contributed by atoms with Gasteiger partial charge < -0.3 is 10.4 Å². The monoisotopic (exact) mass is 367 g/mol. The highest BCUT2D eigenvalue weighted by Gasteiger charge is 2.50. The number of nitrogens with zero attached hydrogens (tertiary/aromatic N) is 1. The topological polar surface area (TPSA) is 95.1 Å². The Hall–Kier alpha value is -2.63. The van der Waals surface area contributed by atoms with Crippen molar-refractivity contribution in [3.63, 3.8) is 0 Å². The summed E-state index contributed by atoms with van der Waals surface area (Å²) < 4.78 is 0. The lowest BCUT2D eigenvalue weighted by Gasteiger charge is -2.23. The Bertz CT molecular complexity index is 832. The molecule has 3 N–H and O–H groups in total. The molecule has 142 valence electrons. The first-order valence-corrected chi connectivity index (χ1v) is 9.61. The first-order valence-electron chi connectivity index (χ1n) is 9.61. The number of amides is 1. The highest BCUT2D eigenvalue weighted by molar-refractivity contribution is 6.04. The van der Waals surface area contributed by atoms with Crippen LogP contribution in [-0.2, 0) is 9.59 Å². The molecule has 6 heteroatoms. The van der Waals surface area contributed by atoms with Crippen LogP contribution in [0, 0.1) is 37.5 Å². The molecule has 1 unspecified atom stereocenters.